The normalized spacial score (nSPS) is 10.9. The van der Waals surface area contributed by atoms with Crippen molar-refractivity contribution < 1.29 is 0 Å². The lowest BCUT2D eigenvalue weighted by Gasteiger charge is -2.27. The van der Waals surface area contributed by atoms with Gasteiger partial charge in [-0.05, 0) is 58.0 Å². The molecule has 5 aromatic rings. The summed E-state index contributed by atoms with van der Waals surface area (Å²) in [5.74, 6) is 0. The molecule has 0 aromatic heterocycles. The lowest BCUT2D eigenvalue weighted by atomic mass is 9.97. The van der Waals surface area contributed by atoms with Gasteiger partial charge in [0.2, 0.25) is 0 Å². The van der Waals surface area contributed by atoms with E-state index >= 15 is 0 Å². The SMILES string of the molecule is Cc1cc(/C=C/C=C(c2ccccc2)c2ccccc2)ccc1N(Cc1ccccc1)Cc1ccccc1. The number of hydrogen-bond acceptors (Lipinski definition) is 1. The van der Waals surface area contributed by atoms with Crippen LogP contribution in [-0.2, 0) is 13.1 Å². The summed E-state index contributed by atoms with van der Waals surface area (Å²) in [7, 11) is 0. The van der Waals surface area contributed by atoms with Crippen LogP contribution in [0.15, 0.2) is 152 Å². The van der Waals surface area contributed by atoms with Crippen LogP contribution in [0.2, 0.25) is 0 Å². The third kappa shape index (κ3) is 6.57. The Hall–Kier alpha value is -4.62. The molecule has 5 aromatic carbocycles. The lowest BCUT2D eigenvalue weighted by Crippen LogP contribution is -2.23. The van der Waals surface area contributed by atoms with Crippen LogP contribution in [0.3, 0.4) is 0 Å². The van der Waals surface area contributed by atoms with E-state index in [0.717, 1.165) is 13.1 Å². The fourth-order valence-electron chi connectivity index (χ4n) is 4.82. The highest BCUT2D eigenvalue weighted by Crippen LogP contribution is 2.27. The fourth-order valence-corrected chi connectivity index (χ4v) is 4.82. The summed E-state index contributed by atoms with van der Waals surface area (Å²) in [4.78, 5) is 2.47. The molecule has 38 heavy (non-hydrogen) atoms. The summed E-state index contributed by atoms with van der Waals surface area (Å²) < 4.78 is 0. The highest BCUT2D eigenvalue weighted by atomic mass is 15.1. The first-order valence-electron chi connectivity index (χ1n) is 13.2. The molecule has 0 saturated heterocycles. The van der Waals surface area contributed by atoms with E-state index < -0.39 is 0 Å². The first-order valence-corrected chi connectivity index (χ1v) is 13.2. The topological polar surface area (TPSA) is 3.24 Å². The largest absolute Gasteiger partial charge is 0.363 e. The second kappa shape index (κ2) is 12.6. The zero-order valence-electron chi connectivity index (χ0n) is 21.9. The summed E-state index contributed by atoms with van der Waals surface area (Å²) in [5.41, 5.74) is 10.0. The van der Waals surface area contributed by atoms with E-state index in [-0.39, 0.29) is 0 Å². The molecule has 0 aliphatic carbocycles. The molecule has 0 atom stereocenters. The highest BCUT2D eigenvalue weighted by molar-refractivity contribution is 5.81. The van der Waals surface area contributed by atoms with Crippen molar-refractivity contribution >= 4 is 17.3 Å². The number of rotatable bonds is 9. The molecule has 0 fully saturated rings. The number of benzene rings is 5. The first kappa shape index (κ1) is 25.0. The molecular formula is C37H33N. The highest BCUT2D eigenvalue weighted by Gasteiger charge is 2.11. The van der Waals surface area contributed by atoms with Crippen LogP contribution in [0.5, 0.6) is 0 Å². The van der Waals surface area contributed by atoms with Gasteiger partial charge in [0.25, 0.3) is 0 Å². The zero-order chi connectivity index (χ0) is 26.0. The van der Waals surface area contributed by atoms with Crippen molar-refractivity contribution in [3.63, 3.8) is 0 Å². The Labute approximate surface area is 227 Å². The molecule has 186 valence electrons. The predicted molar refractivity (Wildman–Crippen MR) is 163 cm³/mol. The maximum atomic E-state index is 2.47. The molecule has 0 aliphatic heterocycles. The Bertz CT molecular complexity index is 1400. The van der Waals surface area contributed by atoms with Crippen molar-refractivity contribution in [2.24, 2.45) is 0 Å². The number of nitrogens with zero attached hydrogens (tertiary/aromatic N) is 1. The lowest BCUT2D eigenvalue weighted by molar-refractivity contribution is 0.796. The molecule has 0 heterocycles. The van der Waals surface area contributed by atoms with Crippen LogP contribution >= 0.6 is 0 Å². The third-order valence-corrected chi connectivity index (χ3v) is 6.72. The van der Waals surface area contributed by atoms with E-state index in [1.165, 1.54) is 44.6 Å². The molecular weight excluding hydrogens is 458 g/mol. The Morgan fingerprint density at radius 3 is 1.53 bits per heavy atom. The maximum Gasteiger partial charge on any atom is 0.0433 e. The van der Waals surface area contributed by atoms with Gasteiger partial charge < -0.3 is 4.90 Å². The average Bonchev–Trinajstić information content (AvgIpc) is 2.97. The predicted octanol–water partition coefficient (Wildman–Crippen LogP) is 9.35. The van der Waals surface area contributed by atoms with E-state index in [0.29, 0.717) is 0 Å². The van der Waals surface area contributed by atoms with Crippen molar-refractivity contribution in [1.82, 2.24) is 0 Å². The Kier molecular flexibility index (Phi) is 8.28. The minimum atomic E-state index is 0.867. The fraction of sp³-hybridized carbons (Fsp3) is 0.0811. The quantitative estimate of drug-likeness (QED) is 0.186. The third-order valence-electron chi connectivity index (χ3n) is 6.72. The van der Waals surface area contributed by atoms with Crippen LogP contribution in [-0.4, -0.2) is 0 Å². The molecule has 0 radical (unpaired) electrons. The van der Waals surface area contributed by atoms with E-state index in [1.54, 1.807) is 0 Å². The van der Waals surface area contributed by atoms with Gasteiger partial charge in [-0.3, -0.25) is 0 Å². The van der Waals surface area contributed by atoms with Crippen LogP contribution in [0.4, 0.5) is 5.69 Å². The van der Waals surface area contributed by atoms with Crippen LogP contribution in [0.1, 0.15) is 33.4 Å². The van der Waals surface area contributed by atoms with Crippen molar-refractivity contribution in [3.05, 3.63) is 185 Å². The summed E-state index contributed by atoms with van der Waals surface area (Å²) in [6.45, 7) is 3.95. The molecule has 1 heteroatoms. The van der Waals surface area contributed by atoms with Gasteiger partial charge >= 0.3 is 0 Å². The number of aryl methyl sites for hydroxylation is 1. The van der Waals surface area contributed by atoms with E-state index in [2.05, 4.69) is 170 Å². The summed E-state index contributed by atoms with van der Waals surface area (Å²) in [5, 5.41) is 0. The van der Waals surface area contributed by atoms with Gasteiger partial charge in [0.15, 0.2) is 0 Å². The average molecular weight is 492 g/mol. The van der Waals surface area contributed by atoms with Crippen LogP contribution in [0, 0.1) is 6.92 Å². The smallest absolute Gasteiger partial charge is 0.0433 e. The molecule has 0 bridgehead atoms. The first-order chi connectivity index (χ1) is 18.8. The monoisotopic (exact) mass is 491 g/mol. The minimum absolute atomic E-state index is 0.867. The van der Waals surface area contributed by atoms with Crippen LogP contribution < -0.4 is 4.90 Å². The van der Waals surface area contributed by atoms with Gasteiger partial charge in [-0.25, -0.2) is 0 Å². The Morgan fingerprint density at radius 1 is 0.579 bits per heavy atom. The molecule has 0 aliphatic rings. The number of anilines is 1. The van der Waals surface area contributed by atoms with E-state index in [4.69, 9.17) is 0 Å². The molecule has 0 unspecified atom stereocenters. The van der Waals surface area contributed by atoms with Gasteiger partial charge in [0, 0.05) is 18.8 Å². The van der Waals surface area contributed by atoms with Crippen molar-refractivity contribution in [3.8, 4) is 0 Å². The van der Waals surface area contributed by atoms with Crippen molar-refractivity contribution in [1.29, 1.82) is 0 Å². The molecule has 0 amide bonds. The Morgan fingerprint density at radius 2 is 1.05 bits per heavy atom. The zero-order valence-corrected chi connectivity index (χ0v) is 21.9. The van der Waals surface area contributed by atoms with E-state index in [9.17, 15) is 0 Å². The van der Waals surface area contributed by atoms with Gasteiger partial charge in [0.1, 0.15) is 0 Å². The van der Waals surface area contributed by atoms with Crippen molar-refractivity contribution in [2.45, 2.75) is 20.0 Å². The second-order valence-corrected chi connectivity index (χ2v) is 9.54. The van der Waals surface area contributed by atoms with Gasteiger partial charge in [-0.15, -0.1) is 0 Å². The molecule has 5 rings (SSSR count). The molecule has 0 saturated carbocycles. The molecule has 0 spiro atoms. The van der Waals surface area contributed by atoms with Gasteiger partial charge in [-0.1, -0.05) is 146 Å². The maximum absolute atomic E-state index is 2.47. The summed E-state index contributed by atoms with van der Waals surface area (Å²) in [6, 6.07) is 49.3. The van der Waals surface area contributed by atoms with Crippen LogP contribution in [0.25, 0.3) is 11.6 Å². The second-order valence-electron chi connectivity index (χ2n) is 9.54. The van der Waals surface area contributed by atoms with Gasteiger partial charge in [-0.2, -0.15) is 0 Å². The molecule has 1 nitrogen and oxygen atoms in total. The minimum Gasteiger partial charge on any atom is -0.363 e. The number of hydrogen-bond donors (Lipinski definition) is 0. The standard InChI is InChI=1S/C37H33N/c1-30-27-31(19-14-24-36(34-20-10-4-11-21-34)35-22-12-5-13-23-35)25-26-37(30)38(28-32-15-6-2-7-16-32)29-33-17-8-3-9-18-33/h2-27H,28-29H2,1H3/b19-14+. The summed E-state index contributed by atoms with van der Waals surface area (Å²) in [6.07, 6.45) is 6.57. The van der Waals surface area contributed by atoms with E-state index in [1.807, 2.05) is 0 Å². The van der Waals surface area contributed by atoms with Crippen molar-refractivity contribution in [2.75, 3.05) is 4.90 Å². The number of allylic oxidation sites excluding steroid dienone is 2. The van der Waals surface area contributed by atoms with Gasteiger partial charge in [0.05, 0.1) is 0 Å². The molecule has 0 N–H and O–H groups in total. The Balaban J connectivity index is 1.41. The summed E-state index contributed by atoms with van der Waals surface area (Å²) >= 11 is 0.